The van der Waals surface area contributed by atoms with Gasteiger partial charge in [0.25, 0.3) is 11.8 Å². The van der Waals surface area contributed by atoms with Crippen molar-refractivity contribution < 1.29 is 9.59 Å². The number of nitrogens with zero attached hydrogens (tertiary/aromatic N) is 3. The Balaban J connectivity index is 1.56. The van der Waals surface area contributed by atoms with Crippen LogP contribution in [0.1, 0.15) is 18.1 Å². The Labute approximate surface area is 173 Å². The van der Waals surface area contributed by atoms with Crippen molar-refractivity contribution in [3.8, 4) is 0 Å². The SMILES string of the molecule is CC1=NN(c2ccccc2)C(=O)[C@@H]1/C=C1\SC(=Nc2cc(C)cc(C)c2)NC1=O. The molecule has 0 bridgehead atoms. The molecule has 29 heavy (non-hydrogen) atoms. The van der Waals surface area contributed by atoms with Crippen LogP contribution >= 0.6 is 11.8 Å². The Hall–Kier alpha value is -3.19. The second kappa shape index (κ2) is 7.67. The van der Waals surface area contributed by atoms with Crippen molar-refractivity contribution in [3.05, 3.63) is 70.6 Å². The molecule has 2 heterocycles. The van der Waals surface area contributed by atoms with Crippen molar-refractivity contribution in [2.45, 2.75) is 20.8 Å². The van der Waals surface area contributed by atoms with Gasteiger partial charge in [0.05, 0.1) is 27.9 Å². The van der Waals surface area contributed by atoms with Crippen molar-refractivity contribution in [1.82, 2.24) is 5.32 Å². The van der Waals surface area contributed by atoms with Crippen LogP contribution in [-0.4, -0.2) is 22.7 Å². The predicted molar refractivity (Wildman–Crippen MR) is 117 cm³/mol. The summed E-state index contributed by atoms with van der Waals surface area (Å²) in [7, 11) is 0. The van der Waals surface area contributed by atoms with Gasteiger partial charge in [0.15, 0.2) is 5.17 Å². The first kappa shape index (κ1) is 19.1. The maximum Gasteiger partial charge on any atom is 0.263 e. The molecule has 7 heteroatoms. The van der Waals surface area contributed by atoms with Crippen molar-refractivity contribution in [2.24, 2.45) is 16.0 Å². The number of aliphatic imine (C=N–C) groups is 1. The topological polar surface area (TPSA) is 74.1 Å². The summed E-state index contributed by atoms with van der Waals surface area (Å²) in [6, 6.07) is 15.3. The van der Waals surface area contributed by atoms with Crippen molar-refractivity contribution in [3.63, 3.8) is 0 Å². The molecule has 6 nitrogen and oxygen atoms in total. The molecule has 2 aromatic rings. The fraction of sp³-hybridized carbons (Fsp3) is 0.182. The van der Waals surface area contributed by atoms with Crippen molar-refractivity contribution in [2.75, 3.05) is 5.01 Å². The summed E-state index contributed by atoms with van der Waals surface area (Å²) in [4.78, 5) is 30.3. The second-order valence-corrected chi connectivity index (χ2v) is 8.09. The molecule has 4 rings (SSSR count). The van der Waals surface area contributed by atoms with Crippen LogP contribution in [0.4, 0.5) is 11.4 Å². The first-order valence-corrected chi connectivity index (χ1v) is 10.0. The van der Waals surface area contributed by atoms with E-state index >= 15 is 0 Å². The highest BCUT2D eigenvalue weighted by Gasteiger charge is 2.35. The maximum atomic E-state index is 12.9. The van der Waals surface area contributed by atoms with Gasteiger partial charge >= 0.3 is 0 Å². The van der Waals surface area contributed by atoms with Gasteiger partial charge in [-0.1, -0.05) is 24.3 Å². The summed E-state index contributed by atoms with van der Waals surface area (Å²) in [5, 5.41) is 9.05. The number of hydrogen-bond donors (Lipinski definition) is 1. The molecule has 2 aliphatic heterocycles. The maximum absolute atomic E-state index is 12.9. The number of para-hydroxylation sites is 1. The minimum Gasteiger partial charge on any atom is -0.300 e. The smallest absolute Gasteiger partial charge is 0.263 e. The highest BCUT2D eigenvalue weighted by Crippen LogP contribution is 2.31. The molecule has 2 amide bonds. The van der Waals surface area contributed by atoms with E-state index in [2.05, 4.69) is 21.5 Å². The lowest BCUT2D eigenvalue weighted by Gasteiger charge is -2.12. The van der Waals surface area contributed by atoms with E-state index in [1.807, 2.05) is 56.3 Å². The van der Waals surface area contributed by atoms with Gasteiger partial charge in [-0.25, -0.2) is 4.99 Å². The molecule has 1 fully saturated rings. The number of hydrogen-bond acceptors (Lipinski definition) is 5. The third-order valence-electron chi connectivity index (χ3n) is 4.59. The minimum absolute atomic E-state index is 0.172. The highest BCUT2D eigenvalue weighted by atomic mass is 32.2. The standard InChI is InChI=1S/C22H20N4O2S/c1-13-9-14(2)11-16(10-13)23-22-24-20(27)19(29-22)12-18-15(3)25-26(21(18)28)17-7-5-4-6-8-17/h4-12,18H,1-3H3,(H,23,24,27)/b19-12-/t18-/m1/s1. The van der Waals surface area contributed by atoms with Gasteiger partial charge < -0.3 is 5.32 Å². The number of benzene rings is 2. The number of thioether (sulfide) groups is 1. The Bertz CT molecular complexity index is 1070. The average Bonchev–Trinajstić information content (AvgIpc) is 3.15. The van der Waals surface area contributed by atoms with E-state index in [0.717, 1.165) is 16.8 Å². The van der Waals surface area contributed by atoms with E-state index in [4.69, 9.17) is 0 Å². The first-order valence-electron chi connectivity index (χ1n) is 9.23. The number of amidine groups is 1. The van der Waals surface area contributed by atoms with Crippen LogP contribution in [0.15, 0.2) is 69.6 Å². The molecule has 1 N–H and O–H groups in total. The number of carbonyl (C=O) groups excluding carboxylic acids is 2. The van der Waals surface area contributed by atoms with Crippen LogP contribution < -0.4 is 10.3 Å². The fourth-order valence-electron chi connectivity index (χ4n) is 3.30. The largest absolute Gasteiger partial charge is 0.300 e. The number of anilines is 1. The third-order valence-corrected chi connectivity index (χ3v) is 5.52. The lowest BCUT2D eigenvalue weighted by atomic mass is 10.0. The number of carbonyl (C=O) groups is 2. The zero-order chi connectivity index (χ0) is 20.5. The Morgan fingerprint density at radius 3 is 2.45 bits per heavy atom. The molecule has 146 valence electrons. The molecule has 2 aromatic carbocycles. The van der Waals surface area contributed by atoms with Crippen LogP contribution in [0, 0.1) is 19.8 Å². The lowest BCUT2D eigenvalue weighted by molar-refractivity contribution is -0.118. The molecular formula is C22H20N4O2S. The zero-order valence-electron chi connectivity index (χ0n) is 16.3. The van der Waals surface area contributed by atoms with Crippen molar-refractivity contribution in [1.29, 1.82) is 0 Å². The second-order valence-electron chi connectivity index (χ2n) is 7.05. The normalized spacial score (nSPS) is 21.8. The molecule has 0 unspecified atom stereocenters. The van der Waals surface area contributed by atoms with Crippen LogP contribution in [0.5, 0.6) is 0 Å². The average molecular weight is 404 g/mol. The lowest BCUT2D eigenvalue weighted by Crippen LogP contribution is -2.26. The van der Waals surface area contributed by atoms with E-state index in [-0.39, 0.29) is 11.8 Å². The minimum atomic E-state index is -0.566. The quantitative estimate of drug-likeness (QED) is 0.784. The predicted octanol–water partition coefficient (Wildman–Crippen LogP) is 4.08. The van der Waals surface area contributed by atoms with Crippen molar-refractivity contribution >= 4 is 45.8 Å². The van der Waals surface area contributed by atoms with Gasteiger partial charge in [-0.2, -0.15) is 10.1 Å². The fourth-order valence-corrected chi connectivity index (χ4v) is 4.16. The van der Waals surface area contributed by atoms with Gasteiger partial charge in [-0.05, 0) is 74.0 Å². The Morgan fingerprint density at radius 1 is 1.07 bits per heavy atom. The van der Waals surface area contributed by atoms with Gasteiger partial charge in [0.2, 0.25) is 0 Å². The van der Waals surface area contributed by atoms with E-state index in [0.29, 0.717) is 21.5 Å². The molecular weight excluding hydrogens is 384 g/mol. The molecule has 2 aliphatic rings. The summed E-state index contributed by atoms with van der Waals surface area (Å²) in [6.07, 6.45) is 1.67. The molecule has 0 saturated carbocycles. The van der Waals surface area contributed by atoms with E-state index in [1.165, 1.54) is 16.8 Å². The number of hydrazone groups is 1. The molecule has 1 atom stereocenters. The summed E-state index contributed by atoms with van der Waals surface area (Å²) in [5.74, 6) is -0.991. The van der Waals surface area contributed by atoms with Gasteiger partial charge in [-0.3, -0.25) is 9.59 Å². The third kappa shape index (κ3) is 4.00. The van der Waals surface area contributed by atoms with Crippen LogP contribution in [0.25, 0.3) is 0 Å². The summed E-state index contributed by atoms with van der Waals surface area (Å²) < 4.78 is 0. The molecule has 0 spiro atoms. The molecule has 0 aliphatic carbocycles. The first-order chi connectivity index (χ1) is 13.9. The number of rotatable bonds is 3. The van der Waals surface area contributed by atoms with E-state index in [9.17, 15) is 9.59 Å². The van der Waals surface area contributed by atoms with E-state index in [1.54, 1.807) is 13.0 Å². The highest BCUT2D eigenvalue weighted by molar-refractivity contribution is 8.18. The number of aryl methyl sites for hydroxylation is 2. The summed E-state index contributed by atoms with van der Waals surface area (Å²) in [6.45, 7) is 5.81. The molecule has 0 aromatic heterocycles. The van der Waals surface area contributed by atoms with Crippen LogP contribution in [0.2, 0.25) is 0 Å². The zero-order valence-corrected chi connectivity index (χ0v) is 17.2. The van der Waals surface area contributed by atoms with Gasteiger partial charge in [-0.15, -0.1) is 0 Å². The van der Waals surface area contributed by atoms with Crippen LogP contribution in [-0.2, 0) is 9.59 Å². The van der Waals surface area contributed by atoms with Gasteiger partial charge in [0.1, 0.15) is 0 Å². The number of amides is 2. The number of nitrogens with one attached hydrogen (secondary N) is 1. The van der Waals surface area contributed by atoms with E-state index < -0.39 is 5.92 Å². The van der Waals surface area contributed by atoms with Gasteiger partial charge in [0, 0.05) is 0 Å². The Kier molecular flexibility index (Phi) is 5.07. The summed E-state index contributed by atoms with van der Waals surface area (Å²) in [5.41, 5.74) is 4.37. The monoisotopic (exact) mass is 404 g/mol. The summed E-state index contributed by atoms with van der Waals surface area (Å²) >= 11 is 1.24. The molecule has 0 radical (unpaired) electrons. The van der Waals surface area contributed by atoms with Crippen LogP contribution in [0.3, 0.4) is 0 Å². The molecule has 1 saturated heterocycles. The Morgan fingerprint density at radius 2 is 1.76 bits per heavy atom.